The van der Waals surface area contributed by atoms with Gasteiger partial charge in [0.2, 0.25) is 0 Å². The van der Waals surface area contributed by atoms with Crippen molar-refractivity contribution in [2.75, 3.05) is 0 Å². The predicted molar refractivity (Wildman–Crippen MR) is 44.0 cm³/mol. The minimum Gasteiger partial charge on any atom is -0.486 e. The van der Waals surface area contributed by atoms with E-state index in [1.807, 2.05) is 0 Å². The third-order valence-corrected chi connectivity index (χ3v) is 1.27. The molecule has 2 N–H and O–H groups in total. The molecule has 0 aliphatic rings. The van der Waals surface area contributed by atoms with Crippen LogP contribution in [-0.4, -0.2) is 5.78 Å². The molecule has 0 spiro atoms. The van der Waals surface area contributed by atoms with Gasteiger partial charge in [-0.15, -0.1) is 0 Å². The number of nitrogens with two attached hydrogens (primary N) is 1. The molecule has 3 heteroatoms. The zero-order valence-corrected chi connectivity index (χ0v) is 10.2. The van der Waals surface area contributed by atoms with Crippen LogP contribution < -0.4 is 5.73 Å². The van der Waals surface area contributed by atoms with Gasteiger partial charge in [-0.05, 0) is 18.1 Å². The first-order valence-corrected chi connectivity index (χ1v) is 3.42. The van der Waals surface area contributed by atoms with Gasteiger partial charge in [0.1, 0.15) is 0 Å². The van der Waals surface area contributed by atoms with E-state index in [0.29, 0.717) is 12.3 Å². The molecule has 0 aromatic rings. The maximum atomic E-state index is 10.3. The molecule has 11 heavy (non-hydrogen) atoms. The molecule has 0 aromatic heterocycles. The summed E-state index contributed by atoms with van der Waals surface area (Å²) in [6.07, 6.45) is 1.71. The minimum absolute atomic E-state index is 0. The van der Waals surface area contributed by atoms with Crippen molar-refractivity contribution in [1.29, 1.82) is 0 Å². The van der Waals surface area contributed by atoms with E-state index < -0.39 is 0 Å². The molecule has 0 saturated carbocycles. The van der Waals surface area contributed by atoms with E-state index in [4.69, 9.17) is 0 Å². The van der Waals surface area contributed by atoms with Crippen molar-refractivity contribution in [3.8, 4) is 0 Å². The van der Waals surface area contributed by atoms with Crippen LogP contribution in [0.3, 0.4) is 0 Å². The van der Waals surface area contributed by atoms with Gasteiger partial charge in [0, 0.05) is 0 Å². The quantitative estimate of drug-likeness (QED) is 0.800. The maximum Gasteiger partial charge on any atom is 2.00 e. The topological polar surface area (TPSA) is 43.1 Å². The van der Waals surface area contributed by atoms with Gasteiger partial charge in [-0.25, -0.2) is 0 Å². The van der Waals surface area contributed by atoms with E-state index in [9.17, 15) is 4.79 Å². The summed E-state index contributed by atoms with van der Waals surface area (Å²) < 4.78 is 0. The van der Waals surface area contributed by atoms with E-state index in [0.717, 1.165) is 6.42 Å². The normalized spacial score (nSPS) is 10.2. The Hall–Kier alpha value is 0.188. The van der Waals surface area contributed by atoms with Crippen molar-refractivity contribution in [2.45, 2.75) is 26.7 Å². The van der Waals surface area contributed by atoms with Crippen LogP contribution in [0.5, 0.6) is 0 Å². The number of hydrogen-bond acceptors (Lipinski definition) is 2. The number of carbonyl (C=O) groups is 1. The summed E-state index contributed by atoms with van der Waals surface area (Å²) in [5, 5.41) is 0. The van der Waals surface area contributed by atoms with Crippen molar-refractivity contribution >= 4 is 5.78 Å². The molecule has 66 valence electrons. The Bertz CT molecular complexity index is 86.2. The van der Waals surface area contributed by atoms with Crippen LogP contribution in [0.2, 0.25) is 0 Å². The second-order valence-corrected chi connectivity index (χ2v) is 2.26. The van der Waals surface area contributed by atoms with Crippen LogP contribution in [0.4, 0.5) is 0 Å². The number of ketones is 1. The summed E-state index contributed by atoms with van der Waals surface area (Å²) in [4.78, 5) is 10.3. The largest absolute Gasteiger partial charge is 2.00 e. The second kappa shape index (κ2) is 12.8. The van der Waals surface area contributed by atoms with Gasteiger partial charge in [-0.2, -0.15) is 0 Å². The molecule has 0 amide bonds. The molecule has 2 nitrogen and oxygen atoms in total. The molecule has 0 aliphatic carbocycles. The van der Waals surface area contributed by atoms with Crippen LogP contribution in [-0.2, 0) is 25.9 Å². The predicted octanol–water partition coefficient (Wildman–Crippen LogP) is 1.56. The summed E-state index contributed by atoms with van der Waals surface area (Å²) in [7, 11) is 2.75. The first-order chi connectivity index (χ1) is 4.66. The fourth-order valence-corrected chi connectivity index (χ4v) is 0.533. The first-order valence-electron chi connectivity index (χ1n) is 3.42. The minimum atomic E-state index is 0. The molecule has 1 unspecified atom stereocenters. The van der Waals surface area contributed by atoms with Crippen molar-refractivity contribution in [3.63, 3.8) is 0 Å². The van der Waals surface area contributed by atoms with Crippen LogP contribution in [0.25, 0.3) is 0 Å². The van der Waals surface area contributed by atoms with Gasteiger partial charge in [-0.3, -0.25) is 7.05 Å². The molecular formula is C8H17NOW. The SMILES string of the molecule is [CH2-]C(=O)CC(C)CC.[CH2-]N.[W+2]. The van der Waals surface area contributed by atoms with E-state index in [1.165, 1.54) is 0 Å². The fraction of sp³-hybridized carbons (Fsp3) is 0.625. The number of Topliss-reactive ketones (excluding diaryl/α,β-unsaturated/α-hetero) is 1. The van der Waals surface area contributed by atoms with Gasteiger partial charge in [-0.1, -0.05) is 20.3 Å². The Labute approximate surface area is 84.2 Å². The van der Waals surface area contributed by atoms with E-state index in [2.05, 4.69) is 33.6 Å². The van der Waals surface area contributed by atoms with Crippen molar-refractivity contribution in [3.05, 3.63) is 14.0 Å². The van der Waals surface area contributed by atoms with E-state index in [1.54, 1.807) is 0 Å². The molecular weight excluding hydrogens is 310 g/mol. The first kappa shape index (κ1) is 17.3. The molecule has 0 rings (SSSR count). The molecule has 0 saturated heterocycles. The third-order valence-electron chi connectivity index (χ3n) is 1.27. The van der Waals surface area contributed by atoms with Gasteiger partial charge >= 0.3 is 21.1 Å². The average Bonchev–Trinajstić information content (AvgIpc) is 1.91. The van der Waals surface area contributed by atoms with Crippen LogP contribution in [0, 0.1) is 19.9 Å². The maximum absolute atomic E-state index is 10.3. The van der Waals surface area contributed by atoms with E-state index >= 15 is 0 Å². The van der Waals surface area contributed by atoms with Gasteiger partial charge in [0.05, 0.1) is 0 Å². The Morgan fingerprint density at radius 1 is 1.55 bits per heavy atom. The van der Waals surface area contributed by atoms with Crippen molar-refractivity contribution in [2.24, 2.45) is 11.7 Å². The molecule has 0 heterocycles. The number of rotatable bonds is 3. The molecule has 0 aromatic carbocycles. The average molecular weight is 327 g/mol. The van der Waals surface area contributed by atoms with Gasteiger partial charge in [0.25, 0.3) is 0 Å². The summed E-state index contributed by atoms with van der Waals surface area (Å²) in [6, 6.07) is 0. The molecule has 1 atom stereocenters. The van der Waals surface area contributed by atoms with Crippen LogP contribution in [0.15, 0.2) is 0 Å². The standard InChI is InChI=1S/C7H13O.CH4N.W/c1-4-6(2)5-7(3)8;1-2;/h6H,3-5H2,1-2H3;1-2H2;/q2*-1;+2. The zero-order chi connectivity index (χ0) is 8.57. The summed E-state index contributed by atoms with van der Waals surface area (Å²) in [5.41, 5.74) is 4.25. The van der Waals surface area contributed by atoms with Crippen molar-refractivity contribution < 1.29 is 25.9 Å². The summed E-state index contributed by atoms with van der Waals surface area (Å²) in [5.74, 6) is 0.569. The van der Waals surface area contributed by atoms with Crippen molar-refractivity contribution in [1.82, 2.24) is 0 Å². The number of hydrogen-bond donors (Lipinski definition) is 1. The van der Waals surface area contributed by atoms with Crippen LogP contribution >= 0.6 is 0 Å². The second-order valence-electron chi connectivity index (χ2n) is 2.26. The smallest absolute Gasteiger partial charge is 0.486 e. The Morgan fingerprint density at radius 2 is 1.91 bits per heavy atom. The zero-order valence-electron chi connectivity index (χ0n) is 7.30. The monoisotopic (exact) mass is 327 g/mol. The van der Waals surface area contributed by atoms with Gasteiger partial charge in [0.15, 0.2) is 0 Å². The molecule has 0 fully saturated rings. The Kier molecular flexibility index (Phi) is 20.2. The number of carbonyl (C=O) groups excluding carboxylic acids is 1. The Morgan fingerprint density at radius 3 is 2.00 bits per heavy atom. The molecule has 0 radical (unpaired) electrons. The van der Waals surface area contributed by atoms with E-state index in [-0.39, 0.29) is 26.8 Å². The fourth-order valence-electron chi connectivity index (χ4n) is 0.533. The van der Waals surface area contributed by atoms with Crippen LogP contribution in [0.1, 0.15) is 26.7 Å². The van der Waals surface area contributed by atoms with Gasteiger partial charge < -0.3 is 17.5 Å². The molecule has 0 aliphatic heterocycles. The Balaban J connectivity index is -0.000000196. The molecule has 0 bridgehead atoms. The summed E-state index contributed by atoms with van der Waals surface area (Å²) in [6.45, 7) is 7.42. The third kappa shape index (κ3) is 17.8. The summed E-state index contributed by atoms with van der Waals surface area (Å²) >= 11 is 0.